The Morgan fingerprint density at radius 2 is 1.77 bits per heavy atom. The maximum absolute atomic E-state index is 13.2. The summed E-state index contributed by atoms with van der Waals surface area (Å²) in [6.45, 7) is 4.69. The van der Waals surface area contributed by atoms with Crippen LogP contribution in [0.15, 0.2) is 76.5 Å². The molecule has 152 valence electrons. The van der Waals surface area contributed by atoms with Crippen LogP contribution in [0.5, 0.6) is 0 Å². The van der Waals surface area contributed by atoms with Crippen LogP contribution >= 0.6 is 0 Å². The Morgan fingerprint density at radius 3 is 2.53 bits per heavy atom. The second kappa shape index (κ2) is 8.34. The SMILES string of the molecule is CCN1C(=O)c2ccccc2[S+]([O-])c2ccc(C(=O)NCc3ccccc3C)cc21. The molecule has 0 spiro atoms. The van der Waals surface area contributed by atoms with Crippen molar-refractivity contribution in [3.8, 4) is 0 Å². The van der Waals surface area contributed by atoms with Crippen molar-refractivity contribution in [1.29, 1.82) is 0 Å². The summed E-state index contributed by atoms with van der Waals surface area (Å²) in [6, 6.07) is 19.8. The first-order valence-electron chi connectivity index (χ1n) is 9.80. The fraction of sp³-hybridized carbons (Fsp3) is 0.167. The highest BCUT2D eigenvalue weighted by molar-refractivity contribution is 7.91. The largest absolute Gasteiger partial charge is 0.606 e. The topological polar surface area (TPSA) is 72.5 Å². The molecule has 0 aromatic heterocycles. The maximum Gasteiger partial charge on any atom is 0.263 e. The van der Waals surface area contributed by atoms with Gasteiger partial charge in [-0.1, -0.05) is 36.4 Å². The molecule has 1 aliphatic rings. The van der Waals surface area contributed by atoms with Crippen LogP contribution in [0.1, 0.15) is 38.8 Å². The van der Waals surface area contributed by atoms with E-state index in [0.29, 0.717) is 39.7 Å². The molecule has 1 atom stereocenters. The second-order valence-corrected chi connectivity index (χ2v) is 8.52. The van der Waals surface area contributed by atoms with Crippen LogP contribution in [0.2, 0.25) is 0 Å². The Kier molecular flexibility index (Phi) is 5.61. The summed E-state index contributed by atoms with van der Waals surface area (Å²) in [5.74, 6) is -0.449. The molecule has 3 aromatic carbocycles. The smallest absolute Gasteiger partial charge is 0.263 e. The molecule has 1 unspecified atom stereocenters. The van der Waals surface area contributed by atoms with Gasteiger partial charge in [-0.05, 0) is 55.3 Å². The minimum absolute atomic E-state index is 0.210. The number of fused-ring (bicyclic) bond motifs is 2. The first-order chi connectivity index (χ1) is 14.5. The van der Waals surface area contributed by atoms with Crippen molar-refractivity contribution in [2.75, 3.05) is 11.4 Å². The number of rotatable bonds is 4. The van der Waals surface area contributed by atoms with Gasteiger partial charge in [0.2, 0.25) is 0 Å². The highest BCUT2D eigenvalue weighted by atomic mass is 32.2. The van der Waals surface area contributed by atoms with E-state index in [1.165, 1.54) is 0 Å². The highest BCUT2D eigenvalue weighted by Crippen LogP contribution is 2.37. The maximum atomic E-state index is 13.2. The minimum Gasteiger partial charge on any atom is -0.606 e. The number of nitrogens with zero attached hydrogens (tertiary/aromatic N) is 1. The van der Waals surface area contributed by atoms with Gasteiger partial charge in [0.1, 0.15) is 5.69 Å². The lowest BCUT2D eigenvalue weighted by atomic mass is 10.1. The zero-order chi connectivity index (χ0) is 21.3. The summed E-state index contributed by atoms with van der Waals surface area (Å²) >= 11 is -1.50. The van der Waals surface area contributed by atoms with Crippen molar-refractivity contribution >= 4 is 28.7 Å². The van der Waals surface area contributed by atoms with Crippen LogP contribution in [0.4, 0.5) is 5.69 Å². The van der Waals surface area contributed by atoms with E-state index in [0.717, 1.165) is 11.1 Å². The lowest BCUT2D eigenvalue weighted by molar-refractivity contribution is 0.0947. The molecule has 3 aromatic rings. The van der Waals surface area contributed by atoms with Gasteiger partial charge in [-0.3, -0.25) is 9.59 Å². The van der Waals surface area contributed by atoms with Gasteiger partial charge in [0.05, 0.1) is 5.56 Å². The van der Waals surface area contributed by atoms with Crippen LogP contribution in [0, 0.1) is 6.92 Å². The predicted molar refractivity (Wildman–Crippen MR) is 117 cm³/mol. The van der Waals surface area contributed by atoms with E-state index >= 15 is 0 Å². The molecule has 0 radical (unpaired) electrons. The molecule has 6 heteroatoms. The Balaban J connectivity index is 1.67. The van der Waals surface area contributed by atoms with E-state index in [1.54, 1.807) is 47.4 Å². The van der Waals surface area contributed by atoms with E-state index in [9.17, 15) is 14.1 Å². The van der Waals surface area contributed by atoms with Gasteiger partial charge in [-0.2, -0.15) is 0 Å². The number of hydrogen-bond acceptors (Lipinski definition) is 3. The molecule has 1 aliphatic heterocycles. The third kappa shape index (κ3) is 3.60. The summed E-state index contributed by atoms with van der Waals surface area (Å²) in [5.41, 5.74) is 3.52. The van der Waals surface area contributed by atoms with Crippen LogP contribution in [0.25, 0.3) is 0 Å². The van der Waals surface area contributed by atoms with Gasteiger partial charge in [0.25, 0.3) is 11.8 Å². The van der Waals surface area contributed by atoms with Crippen molar-refractivity contribution in [1.82, 2.24) is 5.32 Å². The fourth-order valence-electron chi connectivity index (χ4n) is 3.60. The molecule has 0 aliphatic carbocycles. The van der Waals surface area contributed by atoms with Crippen molar-refractivity contribution in [3.63, 3.8) is 0 Å². The van der Waals surface area contributed by atoms with Gasteiger partial charge < -0.3 is 14.8 Å². The molecule has 0 fully saturated rings. The number of aryl methyl sites for hydroxylation is 1. The number of hydrogen-bond donors (Lipinski definition) is 1. The summed E-state index contributed by atoms with van der Waals surface area (Å²) < 4.78 is 13.2. The van der Waals surface area contributed by atoms with E-state index < -0.39 is 11.2 Å². The average molecular weight is 419 g/mol. The molecular formula is C24H22N2O3S. The number of nitrogens with one attached hydrogen (secondary N) is 1. The number of benzene rings is 3. The molecular weight excluding hydrogens is 396 g/mol. The molecule has 2 amide bonds. The second-order valence-electron chi connectivity index (χ2n) is 7.11. The van der Waals surface area contributed by atoms with E-state index in [-0.39, 0.29) is 11.8 Å². The summed E-state index contributed by atoms with van der Waals surface area (Å²) in [7, 11) is 0. The van der Waals surface area contributed by atoms with Crippen LogP contribution in [-0.2, 0) is 17.7 Å². The van der Waals surface area contributed by atoms with Crippen molar-refractivity contribution in [3.05, 3.63) is 89.0 Å². The van der Waals surface area contributed by atoms with Gasteiger partial charge in [0.15, 0.2) is 9.79 Å². The first kappa shape index (κ1) is 20.2. The number of carbonyl (C=O) groups is 2. The van der Waals surface area contributed by atoms with E-state index in [4.69, 9.17) is 0 Å². The molecule has 1 N–H and O–H groups in total. The van der Waals surface area contributed by atoms with Gasteiger partial charge in [0, 0.05) is 29.8 Å². The molecule has 0 saturated heterocycles. The van der Waals surface area contributed by atoms with Crippen molar-refractivity contribution < 1.29 is 14.1 Å². The van der Waals surface area contributed by atoms with Crippen LogP contribution < -0.4 is 10.2 Å². The zero-order valence-corrected chi connectivity index (χ0v) is 17.7. The highest BCUT2D eigenvalue weighted by Gasteiger charge is 2.35. The van der Waals surface area contributed by atoms with Gasteiger partial charge in [-0.25, -0.2) is 0 Å². The fourth-order valence-corrected chi connectivity index (χ4v) is 4.95. The third-order valence-electron chi connectivity index (χ3n) is 5.29. The van der Waals surface area contributed by atoms with Crippen molar-refractivity contribution in [2.45, 2.75) is 30.2 Å². The first-order valence-corrected chi connectivity index (χ1v) is 11.0. The summed E-state index contributed by atoms with van der Waals surface area (Å²) in [6.07, 6.45) is 0. The Bertz CT molecular complexity index is 1130. The monoisotopic (exact) mass is 418 g/mol. The lowest BCUT2D eigenvalue weighted by Crippen LogP contribution is -2.31. The molecule has 0 bridgehead atoms. The molecule has 4 rings (SSSR count). The normalized spacial score (nSPS) is 15.2. The molecule has 30 heavy (non-hydrogen) atoms. The Hall–Kier alpha value is -3.09. The number of carbonyl (C=O) groups excluding carboxylic acids is 2. The number of anilines is 1. The van der Waals surface area contributed by atoms with E-state index in [2.05, 4.69) is 5.32 Å². The predicted octanol–water partition coefficient (Wildman–Crippen LogP) is 4.07. The zero-order valence-electron chi connectivity index (χ0n) is 16.8. The van der Waals surface area contributed by atoms with E-state index in [1.807, 2.05) is 38.1 Å². The molecule has 5 nitrogen and oxygen atoms in total. The molecule has 1 heterocycles. The third-order valence-corrected chi connectivity index (χ3v) is 6.79. The Labute approximate surface area is 178 Å². The van der Waals surface area contributed by atoms with Gasteiger partial charge >= 0.3 is 0 Å². The van der Waals surface area contributed by atoms with Crippen LogP contribution in [-0.4, -0.2) is 22.9 Å². The quantitative estimate of drug-likeness (QED) is 0.649. The van der Waals surface area contributed by atoms with Crippen molar-refractivity contribution in [2.24, 2.45) is 0 Å². The summed E-state index contributed by atoms with van der Waals surface area (Å²) in [4.78, 5) is 28.5. The lowest BCUT2D eigenvalue weighted by Gasteiger charge is -2.20. The minimum atomic E-state index is -1.50. The standard InChI is InChI=1S/C24H22N2O3S/c1-3-26-20-14-17(23(27)25-15-18-9-5-4-8-16(18)2)12-13-22(20)30(29)21-11-7-6-10-19(21)24(26)28/h4-14H,3,15H2,1-2H3,(H,25,27). The average Bonchev–Trinajstić information content (AvgIpc) is 2.86. The number of amides is 2. The van der Waals surface area contributed by atoms with Crippen LogP contribution in [0.3, 0.4) is 0 Å². The Morgan fingerprint density at radius 1 is 1.03 bits per heavy atom. The molecule has 0 saturated carbocycles. The summed E-state index contributed by atoms with van der Waals surface area (Å²) in [5, 5.41) is 2.93. The van der Waals surface area contributed by atoms with Gasteiger partial charge in [-0.15, -0.1) is 0 Å².